The maximum absolute atomic E-state index is 12.3. The second kappa shape index (κ2) is 8.93. The van der Waals surface area contributed by atoms with E-state index >= 15 is 0 Å². The molecule has 1 aliphatic rings. The van der Waals surface area contributed by atoms with Gasteiger partial charge in [0.2, 0.25) is 5.91 Å². The molecule has 0 unspecified atom stereocenters. The fourth-order valence-corrected chi connectivity index (χ4v) is 4.34. The van der Waals surface area contributed by atoms with Crippen LogP contribution in [0.3, 0.4) is 0 Å². The zero-order valence-corrected chi connectivity index (χ0v) is 17.5. The maximum Gasteiger partial charge on any atom is 0.234 e. The van der Waals surface area contributed by atoms with Crippen molar-refractivity contribution in [2.45, 2.75) is 32.2 Å². The van der Waals surface area contributed by atoms with Crippen molar-refractivity contribution in [1.82, 2.24) is 9.97 Å². The number of aromatic nitrogens is 2. The average molecular weight is 405 g/mol. The number of nitrogens with zero attached hydrogens (tertiary/aromatic N) is 3. The van der Waals surface area contributed by atoms with Gasteiger partial charge in [0, 0.05) is 29.9 Å². The van der Waals surface area contributed by atoms with Crippen LogP contribution >= 0.6 is 23.4 Å². The lowest BCUT2D eigenvalue weighted by Crippen LogP contribution is -2.39. The van der Waals surface area contributed by atoms with Crippen LogP contribution in [0.1, 0.15) is 25.8 Å². The van der Waals surface area contributed by atoms with Gasteiger partial charge in [0.05, 0.1) is 5.75 Å². The van der Waals surface area contributed by atoms with Crippen molar-refractivity contribution in [3.8, 4) is 0 Å². The molecular formula is C20H25ClN4OS. The van der Waals surface area contributed by atoms with E-state index in [0.717, 1.165) is 35.2 Å². The van der Waals surface area contributed by atoms with E-state index in [1.54, 1.807) is 6.33 Å². The average Bonchev–Trinajstić information content (AvgIpc) is 2.63. The number of nitrogens with one attached hydrogen (secondary N) is 1. The van der Waals surface area contributed by atoms with Crippen LogP contribution in [0.2, 0.25) is 5.02 Å². The Morgan fingerprint density at radius 1 is 1.30 bits per heavy atom. The summed E-state index contributed by atoms with van der Waals surface area (Å²) < 4.78 is 0. The molecule has 1 saturated heterocycles. The molecule has 1 aromatic carbocycles. The number of hydrogen-bond donors (Lipinski definition) is 1. The van der Waals surface area contributed by atoms with Gasteiger partial charge in [0.1, 0.15) is 17.2 Å². The molecule has 7 heteroatoms. The summed E-state index contributed by atoms with van der Waals surface area (Å²) in [4.78, 5) is 23.4. The van der Waals surface area contributed by atoms with Gasteiger partial charge in [-0.05, 0) is 42.9 Å². The lowest BCUT2D eigenvalue weighted by molar-refractivity contribution is -0.113. The molecule has 1 N–H and O–H groups in total. The summed E-state index contributed by atoms with van der Waals surface area (Å²) in [6.07, 6.45) is 2.84. The lowest BCUT2D eigenvalue weighted by atomic mass is 9.92. The number of carbonyl (C=O) groups is 1. The molecule has 0 spiro atoms. The number of rotatable bonds is 5. The minimum absolute atomic E-state index is 0.0780. The zero-order chi connectivity index (χ0) is 19.4. The van der Waals surface area contributed by atoms with E-state index in [0.29, 0.717) is 16.9 Å². The number of hydrogen-bond acceptors (Lipinski definition) is 5. The summed E-state index contributed by atoms with van der Waals surface area (Å²) in [5, 5.41) is 4.37. The Kier molecular flexibility index (Phi) is 6.60. The summed E-state index contributed by atoms with van der Waals surface area (Å²) in [6.45, 7) is 8.48. The predicted molar refractivity (Wildman–Crippen MR) is 113 cm³/mol. The first-order chi connectivity index (χ1) is 12.9. The number of thioether (sulfide) groups is 1. The maximum atomic E-state index is 12.3. The third-order valence-electron chi connectivity index (χ3n) is 4.71. The molecule has 1 amide bonds. The fourth-order valence-electron chi connectivity index (χ4n) is 3.50. The molecular weight excluding hydrogens is 380 g/mol. The third kappa shape index (κ3) is 5.36. The van der Waals surface area contributed by atoms with Gasteiger partial charge >= 0.3 is 0 Å². The van der Waals surface area contributed by atoms with Gasteiger partial charge in [0.25, 0.3) is 0 Å². The van der Waals surface area contributed by atoms with Crippen LogP contribution in [0, 0.1) is 18.8 Å². The predicted octanol–water partition coefficient (Wildman–Crippen LogP) is 4.65. The van der Waals surface area contributed by atoms with Crippen molar-refractivity contribution >= 4 is 40.8 Å². The Bertz CT molecular complexity index is 806. The minimum Gasteiger partial charge on any atom is -0.356 e. The molecule has 0 saturated carbocycles. The van der Waals surface area contributed by atoms with E-state index in [-0.39, 0.29) is 11.7 Å². The molecule has 144 valence electrons. The number of carbonyl (C=O) groups excluding carboxylic acids is 1. The Balaban J connectivity index is 1.59. The van der Waals surface area contributed by atoms with Crippen molar-refractivity contribution in [3.63, 3.8) is 0 Å². The Hall–Kier alpha value is -1.79. The Morgan fingerprint density at radius 3 is 2.78 bits per heavy atom. The van der Waals surface area contributed by atoms with Gasteiger partial charge in [-0.25, -0.2) is 9.97 Å². The smallest absolute Gasteiger partial charge is 0.234 e. The molecule has 0 bridgehead atoms. The highest BCUT2D eigenvalue weighted by Crippen LogP contribution is 2.27. The van der Waals surface area contributed by atoms with Crippen molar-refractivity contribution in [1.29, 1.82) is 0 Å². The van der Waals surface area contributed by atoms with Crippen LogP contribution in [-0.2, 0) is 4.79 Å². The second-order valence-corrected chi connectivity index (χ2v) is 8.72. The summed E-state index contributed by atoms with van der Waals surface area (Å²) in [5.74, 6) is 2.47. The fraction of sp³-hybridized carbons (Fsp3) is 0.450. The zero-order valence-electron chi connectivity index (χ0n) is 15.9. The largest absolute Gasteiger partial charge is 0.356 e. The monoisotopic (exact) mass is 404 g/mol. The summed E-state index contributed by atoms with van der Waals surface area (Å²) in [7, 11) is 0. The van der Waals surface area contributed by atoms with Crippen LogP contribution in [0.5, 0.6) is 0 Å². The van der Waals surface area contributed by atoms with Crippen LogP contribution < -0.4 is 10.2 Å². The summed E-state index contributed by atoms with van der Waals surface area (Å²) in [6, 6.07) is 7.47. The lowest BCUT2D eigenvalue weighted by Gasteiger charge is -2.35. The molecule has 5 nitrogen and oxygen atoms in total. The van der Waals surface area contributed by atoms with Gasteiger partial charge in [-0.3, -0.25) is 4.79 Å². The van der Waals surface area contributed by atoms with Gasteiger partial charge < -0.3 is 10.2 Å². The molecule has 2 aromatic rings. The summed E-state index contributed by atoms with van der Waals surface area (Å²) >= 11 is 7.52. The first-order valence-electron chi connectivity index (χ1n) is 9.17. The van der Waals surface area contributed by atoms with E-state index in [1.807, 2.05) is 31.2 Å². The van der Waals surface area contributed by atoms with Gasteiger partial charge in [0.15, 0.2) is 0 Å². The molecule has 1 fully saturated rings. The molecule has 27 heavy (non-hydrogen) atoms. The highest BCUT2D eigenvalue weighted by molar-refractivity contribution is 7.99. The summed E-state index contributed by atoms with van der Waals surface area (Å²) in [5.41, 5.74) is 1.61. The SMILES string of the molecule is Cc1c(Cl)cccc1NC(=O)CSc1cc(N2C[C@H](C)C[C@H](C)C2)ncn1. The first-order valence-corrected chi connectivity index (χ1v) is 10.5. The van der Waals surface area contributed by atoms with Crippen LogP contribution in [0.15, 0.2) is 35.6 Å². The van der Waals surface area contributed by atoms with Crippen LogP contribution in [0.4, 0.5) is 11.5 Å². The van der Waals surface area contributed by atoms with E-state index in [9.17, 15) is 4.79 Å². The van der Waals surface area contributed by atoms with E-state index in [4.69, 9.17) is 11.6 Å². The quantitative estimate of drug-likeness (QED) is 0.580. The number of halogens is 1. The molecule has 2 atom stereocenters. The first kappa shape index (κ1) is 20.0. The Labute approximate surface area is 169 Å². The van der Waals surface area contributed by atoms with Gasteiger partial charge in [-0.2, -0.15) is 0 Å². The van der Waals surface area contributed by atoms with Crippen LogP contribution in [-0.4, -0.2) is 34.7 Å². The van der Waals surface area contributed by atoms with E-state index in [2.05, 4.69) is 34.0 Å². The van der Waals surface area contributed by atoms with E-state index < -0.39 is 0 Å². The van der Waals surface area contributed by atoms with Gasteiger partial charge in [-0.1, -0.05) is 43.3 Å². The third-order valence-corrected chi connectivity index (χ3v) is 6.05. The number of piperidine rings is 1. The minimum atomic E-state index is -0.0780. The van der Waals surface area contributed by atoms with E-state index in [1.165, 1.54) is 18.2 Å². The topological polar surface area (TPSA) is 58.1 Å². The molecule has 1 aliphatic heterocycles. The number of amides is 1. The highest BCUT2D eigenvalue weighted by Gasteiger charge is 2.23. The second-order valence-electron chi connectivity index (χ2n) is 7.31. The highest BCUT2D eigenvalue weighted by atomic mass is 35.5. The molecule has 0 radical (unpaired) electrons. The normalized spacial score (nSPS) is 19.8. The molecule has 0 aliphatic carbocycles. The van der Waals surface area contributed by atoms with Crippen molar-refractivity contribution in [3.05, 3.63) is 41.2 Å². The van der Waals surface area contributed by atoms with Crippen LogP contribution in [0.25, 0.3) is 0 Å². The van der Waals surface area contributed by atoms with Crippen molar-refractivity contribution in [2.75, 3.05) is 29.1 Å². The van der Waals surface area contributed by atoms with Crippen molar-refractivity contribution < 1.29 is 4.79 Å². The standard InChI is InChI=1S/C20H25ClN4OS/c1-13-7-14(2)10-25(9-13)18-8-20(23-12-22-18)27-11-19(26)24-17-6-4-5-16(21)15(17)3/h4-6,8,12-14H,7,9-11H2,1-3H3,(H,24,26)/t13-,14+. The molecule has 3 rings (SSSR count). The molecule has 1 aromatic heterocycles. The molecule has 2 heterocycles. The van der Waals surface area contributed by atoms with Gasteiger partial charge in [-0.15, -0.1) is 0 Å². The number of benzene rings is 1. The Morgan fingerprint density at radius 2 is 2.04 bits per heavy atom. The number of anilines is 2. The van der Waals surface area contributed by atoms with Crippen molar-refractivity contribution in [2.24, 2.45) is 11.8 Å².